The van der Waals surface area contributed by atoms with Crippen LogP contribution < -0.4 is 16.2 Å². The lowest BCUT2D eigenvalue weighted by atomic mass is 10.0. The summed E-state index contributed by atoms with van der Waals surface area (Å²) in [5.41, 5.74) is 1.86. The summed E-state index contributed by atoms with van der Waals surface area (Å²) in [6.07, 6.45) is 3.40. The Morgan fingerprint density at radius 3 is 2.68 bits per heavy atom. The van der Waals surface area contributed by atoms with Crippen molar-refractivity contribution in [1.82, 2.24) is 9.97 Å². The molecule has 6 nitrogen and oxygen atoms in total. The molecule has 0 aliphatic heterocycles. The van der Waals surface area contributed by atoms with Crippen LogP contribution in [-0.2, 0) is 4.79 Å². The highest BCUT2D eigenvalue weighted by Gasteiger charge is 2.29. The highest BCUT2D eigenvalue weighted by molar-refractivity contribution is 6.30. The van der Waals surface area contributed by atoms with E-state index in [1.807, 2.05) is 13.8 Å². The first-order valence-electron chi connectivity index (χ1n) is 10.1. The Bertz CT molecular complexity index is 1200. The molecule has 0 atom stereocenters. The molecule has 1 aromatic carbocycles. The first-order chi connectivity index (χ1) is 14.8. The van der Waals surface area contributed by atoms with E-state index in [1.54, 1.807) is 24.4 Å². The van der Waals surface area contributed by atoms with Crippen molar-refractivity contribution in [2.45, 2.75) is 32.6 Å². The first-order valence-corrected chi connectivity index (χ1v) is 10.5. The topological polar surface area (TPSA) is 86.9 Å². The number of rotatable bonds is 6. The molecule has 31 heavy (non-hydrogen) atoms. The smallest absolute Gasteiger partial charge is 0.256 e. The van der Waals surface area contributed by atoms with Gasteiger partial charge in [0.2, 0.25) is 5.91 Å². The number of nitrogens with zero attached hydrogens (tertiary/aromatic N) is 1. The third kappa shape index (κ3) is 4.77. The predicted molar refractivity (Wildman–Crippen MR) is 120 cm³/mol. The van der Waals surface area contributed by atoms with Crippen molar-refractivity contribution in [1.29, 1.82) is 0 Å². The molecular weight excluding hydrogens is 419 g/mol. The predicted octanol–water partition coefficient (Wildman–Crippen LogP) is 5.44. The maximum absolute atomic E-state index is 14.4. The molecule has 1 amide bonds. The Kier molecular flexibility index (Phi) is 5.78. The highest BCUT2D eigenvalue weighted by atomic mass is 35.5. The number of anilines is 3. The van der Waals surface area contributed by atoms with Gasteiger partial charge in [-0.1, -0.05) is 25.4 Å². The van der Waals surface area contributed by atoms with E-state index in [9.17, 15) is 14.0 Å². The third-order valence-corrected chi connectivity index (χ3v) is 5.34. The minimum atomic E-state index is -0.535. The number of nitrogens with one attached hydrogen (secondary N) is 3. The molecule has 3 N–H and O–H groups in total. The van der Waals surface area contributed by atoms with Crippen molar-refractivity contribution in [3.8, 4) is 11.1 Å². The number of aromatic amines is 1. The lowest BCUT2D eigenvalue weighted by molar-refractivity contribution is -0.117. The fourth-order valence-electron chi connectivity index (χ4n) is 3.31. The van der Waals surface area contributed by atoms with Crippen LogP contribution in [0.5, 0.6) is 0 Å². The number of hydrogen-bond acceptors (Lipinski definition) is 4. The van der Waals surface area contributed by atoms with Crippen LogP contribution in [0, 0.1) is 11.7 Å². The van der Waals surface area contributed by atoms with E-state index in [0.29, 0.717) is 27.9 Å². The Balaban J connectivity index is 1.71. The molecule has 0 radical (unpaired) electrons. The van der Waals surface area contributed by atoms with E-state index < -0.39 is 11.4 Å². The fourth-order valence-corrected chi connectivity index (χ4v) is 3.49. The van der Waals surface area contributed by atoms with E-state index in [1.165, 1.54) is 18.2 Å². The number of H-pyrrole nitrogens is 1. The van der Waals surface area contributed by atoms with Crippen molar-refractivity contribution < 1.29 is 9.18 Å². The van der Waals surface area contributed by atoms with Crippen LogP contribution in [0.3, 0.4) is 0 Å². The second kappa shape index (κ2) is 8.51. The number of amides is 1. The minimum absolute atomic E-state index is 0.00401. The maximum atomic E-state index is 14.4. The second-order valence-electron chi connectivity index (χ2n) is 7.94. The highest BCUT2D eigenvalue weighted by Crippen LogP contribution is 2.32. The van der Waals surface area contributed by atoms with Gasteiger partial charge in [-0.2, -0.15) is 0 Å². The Morgan fingerprint density at radius 1 is 1.19 bits per heavy atom. The van der Waals surface area contributed by atoms with Gasteiger partial charge in [0, 0.05) is 40.1 Å². The van der Waals surface area contributed by atoms with Gasteiger partial charge in [0.15, 0.2) is 0 Å². The molecule has 0 saturated heterocycles. The summed E-state index contributed by atoms with van der Waals surface area (Å²) >= 11 is 6.02. The van der Waals surface area contributed by atoms with Gasteiger partial charge in [-0.15, -0.1) is 0 Å². The standard InChI is InChI=1S/C23H22ClFN4O2/c1-12(2)21-19(11-17(23(31)29-21)16-9-14(24)5-6-18(16)25)27-15-7-8-26-20(10-15)28-22(30)13-3-4-13/h5-13H,3-4H2,1-2H3,(H,29,31)(H2,26,27,28,30). The molecule has 1 aliphatic carbocycles. The molecule has 0 bridgehead atoms. The van der Waals surface area contributed by atoms with Gasteiger partial charge >= 0.3 is 0 Å². The van der Waals surface area contributed by atoms with Crippen LogP contribution in [0.25, 0.3) is 11.1 Å². The maximum Gasteiger partial charge on any atom is 0.256 e. The summed E-state index contributed by atoms with van der Waals surface area (Å²) in [4.78, 5) is 31.8. The zero-order valence-corrected chi connectivity index (χ0v) is 17.9. The molecule has 4 rings (SSSR count). The second-order valence-corrected chi connectivity index (χ2v) is 8.37. The minimum Gasteiger partial charge on any atom is -0.354 e. The van der Waals surface area contributed by atoms with E-state index >= 15 is 0 Å². The fraction of sp³-hybridized carbons (Fsp3) is 0.261. The Morgan fingerprint density at radius 2 is 1.97 bits per heavy atom. The Hall–Kier alpha value is -3.19. The molecule has 160 valence electrons. The summed E-state index contributed by atoms with van der Waals surface area (Å²) < 4.78 is 14.4. The quantitative estimate of drug-likeness (QED) is 0.476. The van der Waals surface area contributed by atoms with Crippen LogP contribution >= 0.6 is 11.6 Å². The van der Waals surface area contributed by atoms with Crippen molar-refractivity contribution >= 4 is 34.7 Å². The van der Waals surface area contributed by atoms with Crippen LogP contribution in [0.1, 0.15) is 38.3 Å². The number of hydrogen-bond donors (Lipinski definition) is 3. The summed E-state index contributed by atoms with van der Waals surface area (Å²) in [6.45, 7) is 3.90. The lowest BCUT2D eigenvalue weighted by Gasteiger charge is -2.17. The summed E-state index contributed by atoms with van der Waals surface area (Å²) in [5.74, 6) is -0.0504. The molecule has 8 heteroatoms. The molecule has 2 aromatic heterocycles. The number of carbonyl (C=O) groups excluding carboxylic acids is 1. The van der Waals surface area contributed by atoms with Crippen molar-refractivity contribution in [2.75, 3.05) is 10.6 Å². The van der Waals surface area contributed by atoms with Gasteiger partial charge in [-0.05, 0) is 49.1 Å². The van der Waals surface area contributed by atoms with Gasteiger partial charge < -0.3 is 15.6 Å². The van der Waals surface area contributed by atoms with Crippen LogP contribution in [0.2, 0.25) is 5.02 Å². The van der Waals surface area contributed by atoms with Crippen molar-refractivity contribution in [3.05, 3.63) is 69.5 Å². The van der Waals surface area contributed by atoms with Crippen molar-refractivity contribution in [3.63, 3.8) is 0 Å². The molecule has 2 heterocycles. The molecular formula is C23H22ClFN4O2. The van der Waals surface area contributed by atoms with E-state index in [-0.39, 0.29) is 28.9 Å². The zero-order valence-electron chi connectivity index (χ0n) is 17.1. The normalized spacial score (nSPS) is 13.3. The monoisotopic (exact) mass is 440 g/mol. The molecule has 1 aliphatic rings. The zero-order chi connectivity index (χ0) is 22.1. The van der Waals surface area contributed by atoms with Gasteiger partial charge in [-0.3, -0.25) is 9.59 Å². The SMILES string of the molecule is CC(C)c1[nH]c(=O)c(-c2cc(Cl)ccc2F)cc1Nc1ccnc(NC(=O)C2CC2)c1. The number of aromatic nitrogens is 2. The summed E-state index contributed by atoms with van der Waals surface area (Å²) in [5, 5.41) is 6.42. The van der Waals surface area contributed by atoms with Crippen LogP contribution in [0.15, 0.2) is 47.4 Å². The van der Waals surface area contributed by atoms with E-state index in [4.69, 9.17) is 11.6 Å². The van der Waals surface area contributed by atoms with Crippen LogP contribution in [0.4, 0.5) is 21.6 Å². The van der Waals surface area contributed by atoms with E-state index in [2.05, 4.69) is 20.6 Å². The summed E-state index contributed by atoms with van der Waals surface area (Å²) in [7, 11) is 0. The van der Waals surface area contributed by atoms with Gasteiger partial charge in [0.05, 0.1) is 11.3 Å². The average molecular weight is 441 g/mol. The number of pyridine rings is 2. The molecule has 0 spiro atoms. The summed E-state index contributed by atoms with van der Waals surface area (Å²) in [6, 6.07) is 9.18. The molecule has 0 unspecified atom stereocenters. The molecule has 3 aromatic rings. The van der Waals surface area contributed by atoms with Gasteiger partial charge in [0.1, 0.15) is 11.6 Å². The van der Waals surface area contributed by atoms with Gasteiger partial charge in [0.25, 0.3) is 5.56 Å². The van der Waals surface area contributed by atoms with Gasteiger partial charge in [-0.25, -0.2) is 9.37 Å². The largest absolute Gasteiger partial charge is 0.354 e. The lowest BCUT2D eigenvalue weighted by Crippen LogP contribution is -2.16. The van der Waals surface area contributed by atoms with Crippen molar-refractivity contribution in [2.24, 2.45) is 5.92 Å². The number of benzene rings is 1. The first kappa shape index (κ1) is 21.1. The molecule has 1 fully saturated rings. The third-order valence-electron chi connectivity index (χ3n) is 5.11. The number of carbonyl (C=O) groups is 1. The average Bonchev–Trinajstić information content (AvgIpc) is 3.56. The van der Waals surface area contributed by atoms with Crippen LogP contribution in [-0.4, -0.2) is 15.9 Å². The number of halogens is 2. The Labute approximate surface area is 183 Å². The molecule has 1 saturated carbocycles. The van der Waals surface area contributed by atoms with E-state index in [0.717, 1.165) is 12.8 Å².